The predicted molar refractivity (Wildman–Crippen MR) is 96.0 cm³/mol. The number of ketones is 1. The maximum Gasteiger partial charge on any atom is 0.228 e. The molecule has 0 atom stereocenters. The number of carbonyl (C=O) groups is 2. The average molecular weight is 337 g/mol. The van der Waals surface area contributed by atoms with Crippen LogP contribution in [0, 0.1) is 0 Å². The summed E-state index contributed by atoms with van der Waals surface area (Å²) in [5.74, 6) is 0.627. The second kappa shape index (κ2) is 7.77. The first-order chi connectivity index (χ1) is 12.2. The van der Waals surface area contributed by atoms with E-state index in [0.717, 1.165) is 22.6 Å². The van der Waals surface area contributed by atoms with E-state index in [4.69, 9.17) is 9.47 Å². The molecule has 3 rings (SSSR count). The summed E-state index contributed by atoms with van der Waals surface area (Å²) in [6.07, 6.45) is 3.62. The summed E-state index contributed by atoms with van der Waals surface area (Å²) in [6, 6.07) is 12.7. The van der Waals surface area contributed by atoms with E-state index < -0.39 is 0 Å². The van der Waals surface area contributed by atoms with E-state index in [9.17, 15) is 9.59 Å². The molecule has 0 aromatic heterocycles. The minimum absolute atomic E-state index is 0.0389. The van der Waals surface area contributed by atoms with Crippen molar-refractivity contribution in [1.29, 1.82) is 0 Å². The summed E-state index contributed by atoms with van der Waals surface area (Å²) in [6.45, 7) is 1.04. The molecule has 0 saturated heterocycles. The fourth-order valence-electron chi connectivity index (χ4n) is 2.57. The van der Waals surface area contributed by atoms with Crippen LogP contribution in [-0.2, 0) is 16.0 Å². The Morgan fingerprint density at radius 3 is 2.72 bits per heavy atom. The van der Waals surface area contributed by atoms with Crippen LogP contribution in [0.15, 0.2) is 48.5 Å². The summed E-state index contributed by atoms with van der Waals surface area (Å²) in [5.41, 5.74) is 3.13. The molecule has 0 bridgehead atoms. The molecule has 128 valence electrons. The summed E-state index contributed by atoms with van der Waals surface area (Å²) in [7, 11) is 1.63. The van der Waals surface area contributed by atoms with Crippen LogP contribution in [0.4, 0.5) is 5.69 Å². The number of amides is 1. The molecular weight excluding hydrogens is 318 g/mol. The van der Waals surface area contributed by atoms with Crippen LogP contribution in [-0.4, -0.2) is 32.0 Å². The molecular formula is C20H19NO4. The summed E-state index contributed by atoms with van der Waals surface area (Å²) < 4.78 is 10.4. The van der Waals surface area contributed by atoms with Crippen molar-refractivity contribution in [2.75, 3.05) is 25.6 Å². The van der Waals surface area contributed by atoms with Crippen LogP contribution in [0.1, 0.15) is 21.5 Å². The lowest BCUT2D eigenvalue weighted by Gasteiger charge is -2.05. The first-order valence-electron chi connectivity index (χ1n) is 8.03. The van der Waals surface area contributed by atoms with Crippen LogP contribution in [0.5, 0.6) is 5.75 Å². The van der Waals surface area contributed by atoms with Crippen molar-refractivity contribution < 1.29 is 19.1 Å². The molecule has 0 aliphatic carbocycles. The fraction of sp³-hybridized carbons (Fsp3) is 0.200. The van der Waals surface area contributed by atoms with Crippen molar-refractivity contribution in [2.24, 2.45) is 0 Å². The van der Waals surface area contributed by atoms with Gasteiger partial charge in [0.2, 0.25) is 5.91 Å². The molecule has 0 radical (unpaired) electrons. The molecule has 2 aromatic carbocycles. The Morgan fingerprint density at radius 2 is 1.96 bits per heavy atom. The van der Waals surface area contributed by atoms with Gasteiger partial charge in [0.05, 0.1) is 13.0 Å². The van der Waals surface area contributed by atoms with Gasteiger partial charge in [-0.15, -0.1) is 0 Å². The average Bonchev–Trinajstić information content (AvgIpc) is 3.00. The van der Waals surface area contributed by atoms with Gasteiger partial charge in [0, 0.05) is 18.4 Å². The van der Waals surface area contributed by atoms with Crippen LogP contribution in [0.2, 0.25) is 0 Å². The zero-order valence-corrected chi connectivity index (χ0v) is 14.0. The van der Waals surface area contributed by atoms with Gasteiger partial charge in [0.1, 0.15) is 12.4 Å². The van der Waals surface area contributed by atoms with Crippen molar-refractivity contribution in [3.05, 3.63) is 65.2 Å². The van der Waals surface area contributed by atoms with E-state index in [1.807, 2.05) is 24.3 Å². The Morgan fingerprint density at radius 1 is 1.16 bits per heavy atom. The molecule has 5 heteroatoms. The molecule has 1 N–H and O–H groups in total. The van der Waals surface area contributed by atoms with Crippen molar-refractivity contribution in [1.82, 2.24) is 0 Å². The Labute approximate surface area is 146 Å². The highest BCUT2D eigenvalue weighted by atomic mass is 16.5. The van der Waals surface area contributed by atoms with Gasteiger partial charge < -0.3 is 14.8 Å². The molecule has 0 spiro atoms. The second-order valence-corrected chi connectivity index (χ2v) is 5.70. The van der Waals surface area contributed by atoms with E-state index in [1.54, 1.807) is 31.4 Å². The number of hydrogen-bond donors (Lipinski definition) is 1. The third kappa shape index (κ3) is 4.33. The lowest BCUT2D eigenvalue weighted by molar-refractivity contribution is -0.115. The predicted octanol–water partition coefficient (Wildman–Crippen LogP) is 3.10. The number of allylic oxidation sites excluding steroid dienone is 1. The van der Waals surface area contributed by atoms with Crippen molar-refractivity contribution in [3.8, 4) is 5.75 Å². The monoisotopic (exact) mass is 337 g/mol. The van der Waals surface area contributed by atoms with Crippen LogP contribution in [0.3, 0.4) is 0 Å². The van der Waals surface area contributed by atoms with Crippen LogP contribution < -0.4 is 10.1 Å². The van der Waals surface area contributed by atoms with E-state index in [1.165, 1.54) is 6.08 Å². The number of fused-ring (bicyclic) bond motifs is 1. The number of rotatable bonds is 7. The zero-order chi connectivity index (χ0) is 17.6. The second-order valence-electron chi connectivity index (χ2n) is 5.70. The number of methoxy groups -OCH3 is 1. The Hall–Kier alpha value is -2.92. The summed E-state index contributed by atoms with van der Waals surface area (Å²) in [4.78, 5) is 23.7. The van der Waals surface area contributed by atoms with E-state index in [2.05, 4.69) is 5.32 Å². The van der Waals surface area contributed by atoms with Gasteiger partial charge in [-0.1, -0.05) is 18.2 Å². The Bertz CT molecular complexity index is 809. The molecule has 1 aliphatic heterocycles. The molecule has 0 fully saturated rings. The van der Waals surface area contributed by atoms with Gasteiger partial charge in [-0.2, -0.15) is 0 Å². The van der Waals surface area contributed by atoms with Crippen LogP contribution in [0.25, 0.3) is 6.08 Å². The summed E-state index contributed by atoms with van der Waals surface area (Å²) in [5, 5.41) is 2.76. The number of nitrogens with one attached hydrogen (secondary N) is 1. The minimum Gasteiger partial charge on any atom is -0.491 e. The number of hydrogen-bond acceptors (Lipinski definition) is 4. The molecule has 1 amide bonds. The van der Waals surface area contributed by atoms with Crippen molar-refractivity contribution >= 4 is 23.5 Å². The molecule has 0 saturated carbocycles. The maximum absolute atomic E-state index is 12.3. The lowest BCUT2D eigenvalue weighted by atomic mass is 10.0. The van der Waals surface area contributed by atoms with E-state index in [-0.39, 0.29) is 11.7 Å². The fourth-order valence-corrected chi connectivity index (χ4v) is 2.57. The maximum atomic E-state index is 12.3. The standard InChI is InChI=1S/C20H19NO4/c1-24-10-11-25-17-6-2-14(3-7-17)4-9-19(22)15-5-8-18-16(12-15)13-20(23)21-18/h2-9,12H,10-11,13H2,1H3,(H,21,23)/b9-4-. The number of carbonyl (C=O) groups excluding carboxylic acids is 2. The largest absolute Gasteiger partial charge is 0.491 e. The number of anilines is 1. The first kappa shape index (κ1) is 16.9. The molecule has 0 unspecified atom stereocenters. The van der Waals surface area contributed by atoms with E-state index >= 15 is 0 Å². The van der Waals surface area contributed by atoms with Crippen LogP contribution >= 0.6 is 0 Å². The number of benzene rings is 2. The minimum atomic E-state index is -0.0948. The Kier molecular flexibility index (Phi) is 5.26. The van der Waals surface area contributed by atoms with Gasteiger partial charge in [-0.05, 0) is 47.5 Å². The highest BCUT2D eigenvalue weighted by molar-refractivity contribution is 6.08. The third-order valence-corrected chi connectivity index (χ3v) is 3.88. The highest BCUT2D eigenvalue weighted by Crippen LogP contribution is 2.24. The molecule has 1 aliphatic rings. The third-order valence-electron chi connectivity index (χ3n) is 3.88. The van der Waals surface area contributed by atoms with Gasteiger partial charge >= 0.3 is 0 Å². The number of ether oxygens (including phenoxy) is 2. The Balaban J connectivity index is 1.63. The van der Waals surface area contributed by atoms with Gasteiger partial charge in [0.25, 0.3) is 0 Å². The van der Waals surface area contributed by atoms with Gasteiger partial charge in [0.15, 0.2) is 5.78 Å². The smallest absolute Gasteiger partial charge is 0.228 e. The van der Waals surface area contributed by atoms with Gasteiger partial charge in [-0.25, -0.2) is 0 Å². The quantitative estimate of drug-likeness (QED) is 0.479. The zero-order valence-electron chi connectivity index (χ0n) is 14.0. The SMILES string of the molecule is COCCOc1ccc(/C=C\C(=O)c2ccc3c(c2)CC(=O)N3)cc1. The highest BCUT2D eigenvalue weighted by Gasteiger charge is 2.18. The molecule has 1 heterocycles. The topological polar surface area (TPSA) is 64.6 Å². The van der Waals surface area contributed by atoms with E-state index in [0.29, 0.717) is 25.2 Å². The first-order valence-corrected chi connectivity index (χ1v) is 8.03. The summed E-state index contributed by atoms with van der Waals surface area (Å²) >= 11 is 0. The molecule has 2 aromatic rings. The van der Waals surface area contributed by atoms with Gasteiger partial charge in [-0.3, -0.25) is 9.59 Å². The molecule has 5 nitrogen and oxygen atoms in total. The van der Waals surface area contributed by atoms with Crippen molar-refractivity contribution in [2.45, 2.75) is 6.42 Å². The molecule has 25 heavy (non-hydrogen) atoms. The normalized spacial score (nSPS) is 12.9. The van der Waals surface area contributed by atoms with Crippen molar-refractivity contribution in [3.63, 3.8) is 0 Å². The lowest BCUT2D eigenvalue weighted by Crippen LogP contribution is -2.03.